The van der Waals surface area contributed by atoms with Crippen LogP contribution >= 0.6 is 0 Å². The van der Waals surface area contributed by atoms with Crippen LogP contribution in [-0.4, -0.2) is 39.2 Å². The molecule has 1 aromatic heterocycles. The second-order valence-corrected chi connectivity index (χ2v) is 3.72. The molecule has 1 heterocycles. The van der Waals surface area contributed by atoms with Crippen molar-refractivity contribution in [2.75, 3.05) is 18.4 Å². The summed E-state index contributed by atoms with van der Waals surface area (Å²) in [5, 5.41) is 16.7. The molecule has 0 spiro atoms. The van der Waals surface area contributed by atoms with Gasteiger partial charge in [0.2, 0.25) is 5.91 Å². The van der Waals surface area contributed by atoms with Gasteiger partial charge in [0.1, 0.15) is 0 Å². The van der Waals surface area contributed by atoms with Crippen LogP contribution in [0.1, 0.15) is 12.8 Å². The number of nitrogens with zero attached hydrogens (tertiary/aromatic N) is 4. The van der Waals surface area contributed by atoms with Crippen LogP contribution in [0.4, 0.5) is 5.95 Å². The highest BCUT2D eigenvalue weighted by molar-refractivity contribution is 5.90. The van der Waals surface area contributed by atoms with Crippen LogP contribution in [0, 0.1) is 5.92 Å². The van der Waals surface area contributed by atoms with Crippen molar-refractivity contribution in [3.63, 3.8) is 0 Å². The monoisotopic (exact) mass is 210 g/mol. The molecule has 1 aromatic rings. The van der Waals surface area contributed by atoms with Crippen molar-refractivity contribution < 1.29 is 4.79 Å². The summed E-state index contributed by atoms with van der Waals surface area (Å²) in [6.45, 7) is 1.22. The Labute approximate surface area is 87.2 Å². The number of hydrogen-bond acceptors (Lipinski definition) is 5. The summed E-state index contributed by atoms with van der Waals surface area (Å²) in [5.41, 5.74) is 0. The third kappa shape index (κ3) is 3.28. The molecule has 0 radical (unpaired) electrons. The van der Waals surface area contributed by atoms with Crippen molar-refractivity contribution in [3.05, 3.63) is 0 Å². The molecule has 0 unspecified atom stereocenters. The molecule has 1 saturated carbocycles. The fourth-order valence-corrected chi connectivity index (χ4v) is 1.21. The first kappa shape index (κ1) is 10.0. The van der Waals surface area contributed by atoms with E-state index in [0.717, 1.165) is 12.5 Å². The lowest BCUT2D eigenvalue weighted by molar-refractivity contribution is -0.115. The molecule has 0 saturated heterocycles. The van der Waals surface area contributed by atoms with Crippen LogP contribution in [0.2, 0.25) is 0 Å². The smallest absolute Gasteiger partial charge is 0.270 e. The highest BCUT2D eigenvalue weighted by Crippen LogP contribution is 2.27. The van der Waals surface area contributed by atoms with Crippen molar-refractivity contribution in [1.29, 1.82) is 0 Å². The molecule has 7 heteroatoms. The van der Waals surface area contributed by atoms with Crippen LogP contribution in [-0.2, 0) is 11.8 Å². The number of nitrogens with one attached hydrogen (secondary N) is 2. The molecule has 1 aliphatic carbocycles. The van der Waals surface area contributed by atoms with E-state index in [2.05, 4.69) is 26.0 Å². The summed E-state index contributed by atoms with van der Waals surface area (Å²) >= 11 is 0. The van der Waals surface area contributed by atoms with Gasteiger partial charge in [0.15, 0.2) is 0 Å². The minimum absolute atomic E-state index is 0.136. The maximum Gasteiger partial charge on any atom is 0.270 e. The zero-order chi connectivity index (χ0) is 10.7. The topological polar surface area (TPSA) is 84.7 Å². The third-order valence-corrected chi connectivity index (χ3v) is 2.18. The fourth-order valence-electron chi connectivity index (χ4n) is 1.21. The molecule has 2 rings (SSSR count). The Kier molecular flexibility index (Phi) is 2.91. The molecule has 15 heavy (non-hydrogen) atoms. The van der Waals surface area contributed by atoms with E-state index in [0.29, 0.717) is 6.54 Å². The fraction of sp³-hybridized carbons (Fsp3) is 0.750. The SMILES string of the molecule is Cn1nnc(NC(=O)CNCC2CC2)n1. The van der Waals surface area contributed by atoms with Gasteiger partial charge in [0.05, 0.1) is 13.6 Å². The summed E-state index contributed by atoms with van der Waals surface area (Å²) in [7, 11) is 1.65. The van der Waals surface area contributed by atoms with Crippen LogP contribution in [0.5, 0.6) is 0 Å². The van der Waals surface area contributed by atoms with E-state index < -0.39 is 0 Å². The van der Waals surface area contributed by atoms with Gasteiger partial charge < -0.3 is 5.32 Å². The first-order valence-corrected chi connectivity index (χ1v) is 4.98. The maximum absolute atomic E-state index is 11.3. The quantitative estimate of drug-likeness (QED) is 0.661. The van der Waals surface area contributed by atoms with Crippen molar-refractivity contribution in [1.82, 2.24) is 25.5 Å². The summed E-state index contributed by atoms with van der Waals surface area (Å²) in [6.07, 6.45) is 2.56. The standard InChI is InChI=1S/C8H14N6O/c1-14-12-8(11-13-14)10-7(15)5-9-4-6-2-3-6/h6,9H,2-5H2,1H3,(H,10,12,15). The van der Waals surface area contributed by atoms with Crippen LogP contribution in [0.25, 0.3) is 0 Å². The molecule has 0 aromatic carbocycles. The highest BCUT2D eigenvalue weighted by atomic mass is 16.2. The van der Waals surface area contributed by atoms with E-state index in [4.69, 9.17) is 0 Å². The lowest BCUT2D eigenvalue weighted by Crippen LogP contribution is -2.29. The molecule has 0 bridgehead atoms. The molecule has 1 amide bonds. The number of hydrogen-bond donors (Lipinski definition) is 2. The average molecular weight is 210 g/mol. The van der Waals surface area contributed by atoms with Crippen molar-refractivity contribution in [2.24, 2.45) is 13.0 Å². The van der Waals surface area contributed by atoms with Crippen LogP contribution in [0.3, 0.4) is 0 Å². The van der Waals surface area contributed by atoms with Gasteiger partial charge in [-0.2, -0.15) is 4.80 Å². The number of carbonyl (C=O) groups is 1. The molecule has 82 valence electrons. The first-order chi connectivity index (χ1) is 7.24. The lowest BCUT2D eigenvalue weighted by atomic mass is 10.4. The van der Waals surface area contributed by atoms with Gasteiger partial charge >= 0.3 is 0 Å². The predicted molar refractivity (Wildman–Crippen MR) is 53.0 cm³/mol. The van der Waals surface area contributed by atoms with Crippen molar-refractivity contribution >= 4 is 11.9 Å². The van der Waals surface area contributed by atoms with E-state index >= 15 is 0 Å². The minimum atomic E-state index is -0.136. The van der Waals surface area contributed by atoms with E-state index in [1.165, 1.54) is 17.6 Å². The summed E-state index contributed by atoms with van der Waals surface area (Å²) in [4.78, 5) is 12.6. The third-order valence-electron chi connectivity index (χ3n) is 2.18. The molecule has 1 fully saturated rings. The van der Waals surface area contributed by atoms with E-state index in [9.17, 15) is 4.79 Å². The summed E-state index contributed by atoms with van der Waals surface area (Å²) in [6, 6.07) is 0. The molecule has 0 atom stereocenters. The highest BCUT2D eigenvalue weighted by Gasteiger charge is 2.20. The zero-order valence-electron chi connectivity index (χ0n) is 8.60. The van der Waals surface area contributed by atoms with Crippen molar-refractivity contribution in [3.8, 4) is 0 Å². The Morgan fingerprint density at radius 3 is 3.00 bits per heavy atom. The second kappa shape index (κ2) is 4.35. The number of amides is 1. The van der Waals surface area contributed by atoms with Crippen LogP contribution < -0.4 is 10.6 Å². The number of carbonyl (C=O) groups excluding carboxylic acids is 1. The molecular formula is C8H14N6O. The van der Waals surface area contributed by atoms with Gasteiger partial charge in [-0.25, -0.2) is 0 Å². The summed E-state index contributed by atoms with van der Waals surface area (Å²) in [5.74, 6) is 0.881. The summed E-state index contributed by atoms with van der Waals surface area (Å²) < 4.78 is 0. The van der Waals surface area contributed by atoms with Gasteiger partial charge in [0.25, 0.3) is 5.95 Å². The lowest BCUT2D eigenvalue weighted by Gasteiger charge is -2.01. The normalized spacial score (nSPS) is 15.3. The number of aromatic nitrogens is 4. The largest absolute Gasteiger partial charge is 0.308 e. The van der Waals surface area contributed by atoms with Crippen molar-refractivity contribution in [2.45, 2.75) is 12.8 Å². The van der Waals surface area contributed by atoms with Gasteiger partial charge in [-0.3, -0.25) is 10.1 Å². The Hall–Kier alpha value is -1.50. The van der Waals surface area contributed by atoms with E-state index in [-0.39, 0.29) is 11.9 Å². The Bertz CT molecular complexity index is 345. The Balaban J connectivity index is 1.67. The predicted octanol–water partition coefficient (Wildman–Crippen LogP) is -0.852. The Morgan fingerprint density at radius 2 is 2.40 bits per heavy atom. The number of tetrazole rings is 1. The van der Waals surface area contributed by atoms with Gasteiger partial charge in [-0.1, -0.05) is 5.10 Å². The first-order valence-electron chi connectivity index (χ1n) is 4.98. The molecular weight excluding hydrogens is 196 g/mol. The number of anilines is 1. The maximum atomic E-state index is 11.3. The number of aryl methyl sites for hydroxylation is 1. The minimum Gasteiger partial charge on any atom is -0.308 e. The molecule has 0 aliphatic heterocycles. The molecule has 1 aliphatic rings. The molecule has 7 nitrogen and oxygen atoms in total. The van der Waals surface area contributed by atoms with Gasteiger partial charge in [-0.15, -0.1) is 5.10 Å². The van der Waals surface area contributed by atoms with Crippen LogP contribution in [0.15, 0.2) is 0 Å². The van der Waals surface area contributed by atoms with E-state index in [1.54, 1.807) is 7.05 Å². The van der Waals surface area contributed by atoms with Gasteiger partial charge in [0, 0.05) is 0 Å². The second-order valence-electron chi connectivity index (χ2n) is 3.72. The van der Waals surface area contributed by atoms with E-state index in [1.807, 2.05) is 0 Å². The van der Waals surface area contributed by atoms with Gasteiger partial charge in [-0.05, 0) is 30.5 Å². The average Bonchev–Trinajstić information content (AvgIpc) is 2.91. The number of rotatable bonds is 5. The Morgan fingerprint density at radius 1 is 1.60 bits per heavy atom. The molecule has 2 N–H and O–H groups in total. The zero-order valence-corrected chi connectivity index (χ0v) is 8.60.